The first-order chi connectivity index (χ1) is 13.5. The summed E-state index contributed by atoms with van der Waals surface area (Å²) in [4.78, 5) is 16.8. The van der Waals surface area contributed by atoms with Gasteiger partial charge in [0.1, 0.15) is 23.1 Å². The fraction of sp³-hybridized carbons (Fsp3) is 0.150. The molecule has 0 aliphatic carbocycles. The topological polar surface area (TPSA) is 86.8 Å². The molecule has 0 amide bonds. The number of nitrogens with zero attached hydrogens (tertiary/aromatic N) is 5. The van der Waals surface area contributed by atoms with Crippen molar-refractivity contribution in [1.82, 2.24) is 20.3 Å². The molecule has 0 spiro atoms. The molecule has 6 nitrogen and oxygen atoms in total. The van der Waals surface area contributed by atoms with Gasteiger partial charge >= 0.3 is 0 Å². The molecule has 2 aromatic heterocycles. The Morgan fingerprint density at radius 1 is 1.04 bits per heavy atom. The highest BCUT2D eigenvalue weighted by atomic mass is 19.1. The van der Waals surface area contributed by atoms with Crippen LogP contribution in [-0.2, 0) is 5.54 Å². The quantitative estimate of drug-likeness (QED) is 0.710. The van der Waals surface area contributed by atoms with Crippen molar-refractivity contribution in [2.45, 2.75) is 18.5 Å². The van der Waals surface area contributed by atoms with Crippen molar-refractivity contribution in [1.29, 1.82) is 5.26 Å². The van der Waals surface area contributed by atoms with Crippen molar-refractivity contribution >= 4 is 5.84 Å². The summed E-state index contributed by atoms with van der Waals surface area (Å²) in [6.45, 7) is 1.88. The predicted octanol–water partition coefficient (Wildman–Crippen LogP) is 2.70. The van der Waals surface area contributed by atoms with Crippen LogP contribution in [0, 0.1) is 23.1 Å². The monoisotopic (exact) mass is 376 g/mol. The molecule has 2 atom stereocenters. The van der Waals surface area contributed by atoms with Gasteiger partial charge < -0.3 is 5.32 Å². The van der Waals surface area contributed by atoms with Gasteiger partial charge in [-0.25, -0.2) is 19.3 Å². The zero-order chi connectivity index (χ0) is 19.7. The maximum atomic E-state index is 13.5. The fourth-order valence-corrected chi connectivity index (χ4v) is 3.38. The molecule has 138 valence electrons. The minimum Gasteiger partial charge on any atom is -0.352 e. The zero-order valence-electron chi connectivity index (χ0n) is 14.8. The molecule has 1 N–H and O–H groups in total. The maximum absolute atomic E-state index is 13.5. The highest BCUT2D eigenvalue weighted by Crippen LogP contribution is 2.38. The first kappa shape index (κ1) is 17.7. The van der Waals surface area contributed by atoms with Gasteiger partial charge in [-0.15, -0.1) is 0 Å². The minimum absolute atomic E-state index is 0.213. The molecular weight excluding hydrogens is 362 g/mol. The van der Waals surface area contributed by atoms with E-state index < -0.39 is 11.5 Å². The van der Waals surface area contributed by atoms with Gasteiger partial charge in [0.15, 0.2) is 11.7 Å². The van der Waals surface area contributed by atoms with Crippen molar-refractivity contribution in [3.63, 3.8) is 0 Å². The Bertz CT molecular complexity index is 1040. The average Bonchev–Trinajstić information content (AvgIpc) is 3.07. The van der Waals surface area contributed by atoms with Crippen LogP contribution in [-0.4, -0.2) is 26.8 Å². The number of pyridine rings is 1. The van der Waals surface area contributed by atoms with E-state index in [1.807, 2.05) is 13.0 Å². The van der Waals surface area contributed by atoms with Crippen LogP contribution in [0.4, 0.5) is 8.78 Å². The van der Waals surface area contributed by atoms with Gasteiger partial charge in [0.05, 0.1) is 6.04 Å². The van der Waals surface area contributed by atoms with E-state index in [0.29, 0.717) is 11.4 Å². The SMILES string of the molecule is C[C@H]1N=C(c2nccc(C#N)n2)NC1(c1ccc(F)cc1)c1ccc(F)nc1. The normalized spacial score (nSPS) is 20.9. The third-order valence-corrected chi connectivity index (χ3v) is 4.73. The summed E-state index contributed by atoms with van der Waals surface area (Å²) in [5.74, 6) is -0.314. The lowest BCUT2D eigenvalue weighted by Gasteiger charge is -2.34. The van der Waals surface area contributed by atoms with Gasteiger partial charge in [0, 0.05) is 18.0 Å². The second kappa shape index (κ2) is 6.78. The molecule has 0 radical (unpaired) electrons. The van der Waals surface area contributed by atoms with E-state index in [0.717, 1.165) is 5.56 Å². The first-order valence-electron chi connectivity index (χ1n) is 8.50. The number of hydrogen-bond donors (Lipinski definition) is 1. The second-order valence-electron chi connectivity index (χ2n) is 6.34. The van der Waals surface area contributed by atoms with Gasteiger partial charge in [-0.2, -0.15) is 9.65 Å². The van der Waals surface area contributed by atoms with Gasteiger partial charge in [-0.05, 0) is 36.8 Å². The van der Waals surface area contributed by atoms with E-state index in [-0.39, 0.29) is 23.4 Å². The number of nitriles is 1. The first-order valence-corrected chi connectivity index (χ1v) is 8.50. The van der Waals surface area contributed by atoms with Crippen LogP contribution in [0.2, 0.25) is 0 Å². The second-order valence-corrected chi connectivity index (χ2v) is 6.34. The van der Waals surface area contributed by atoms with Crippen molar-refractivity contribution in [3.8, 4) is 6.07 Å². The van der Waals surface area contributed by atoms with E-state index in [4.69, 9.17) is 5.26 Å². The van der Waals surface area contributed by atoms with Crippen molar-refractivity contribution in [3.05, 3.63) is 89.3 Å². The Hall–Kier alpha value is -3.73. The molecular formula is C20H14F2N6. The van der Waals surface area contributed by atoms with Crippen molar-refractivity contribution < 1.29 is 8.78 Å². The Labute approximate surface area is 159 Å². The number of hydrogen-bond acceptors (Lipinski definition) is 6. The highest BCUT2D eigenvalue weighted by molar-refractivity contribution is 5.98. The van der Waals surface area contributed by atoms with E-state index >= 15 is 0 Å². The summed E-state index contributed by atoms with van der Waals surface area (Å²) in [5, 5.41) is 12.4. The van der Waals surface area contributed by atoms with Crippen LogP contribution in [0.3, 0.4) is 0 Å². The number of nitrogens with one attached hydrogen (secondary N) is 1. The zero-order valence-corrected chi connectivity index (χ0v) is 14.8. The fourth-order valence-electron chi connectivity index (χ4n) is 3.38. The summed E-state index contributed by atoms with van der Waals surface area (Å²) in [7, 11) is 0. The Morgan fingerprint density at radius 3 is 2.46 bits per heavy atom. The molecule has 3 aromatic rings. The molecule has 1 aliphatic heterocycles. The van der Waals surface area contributed by atoms with E-state index in [9.17, 15) is 8.78 Å². The van der Waals surface area contributed by atoms with E-state index in [1.54, 1.807) is 18.2 Å². The van der Waals surface area contributed by atoms with Gasteiger partial charge in [0.2, 0.25) is 5.95 Å². The summed E-state index contributed by atoms with van der Waals surface area (Å²) in [6, 6.07) is 12.0. The Kier molecular flexibility index (Phi) is 4.28. The summed E-state index contributed by atoms with van der Waals surface area (Å²) < 4.78 is 26.9. The molecule has 1 aromatic carbocycles. The number of rotatable bonds is 3. The molecule has 28 heavy (non-hydrogen) atoms. The lowest BCUT2D eigenvalue weighted by Crippen LogP contribution is -2.48. The molecule has 0 bridgehead atoms. The van der Waals surface area contributed by atoms with Gasteiger partial charge in [0.25, 0.3) is 0 Å². The molecule has 8 heteroatoms. The average molecular weight is 376 g/mol. The number of halogens is 2. The van der Waals surface area contributed by atoms with Crippen molar-refractivity contribution in [2.24, 2.45) is 4.99 Å². The molecule has 4 rings (SSSR count). The Balaban J connectivity index is 1.84. The molecule has 1 unspecified atom stereocenters. The van der Waals surface area contributed by atoms with Crippen LogP contribution in [0.25, 0.3) is 0 Å². The minimum atomic E-state index is -0.921. The summed E-state index contributed by atoms with van der Waals surface area (Å²) >= 11 is 0. The van der Waals surface area contributed by atoms with E-state index in [2.05, 4.69) is 25.3 Å². The smallest absolute Gasteiger partial charge is 0.212 e. The lowest BCUT2D eigenvalue weighted by atomic mass is 9.79. The van der Waals surface area contributed by atoms with Crippen LogP contribution in [0.15, 0.2) is 59.9 Å². The van der Waals surface area contributed by atoms with Gasteiger partial charge in [-0.3, -0.25) is 4.99 Å². The van der Waals surface area contributed by atoms with Crippen LogP contribution in [0.1, 0.15) is 29.6 Å². The van der Waals surface area contributed by atoms with E-state index in [1.165, 1.54) is 36.7 Å². The number of benzene rings is 1. The molecule has 0 fully saturated rings. The maximum Gasteiger partial charge on any atom is 0.212 e. The standard InChI is InChI=1S/C20H14F2N6/c1-12-20(13-2-5-15(21)6-3-13,14-4-7-17(22)25-11-14)28-19(26-12)18-24-9-8-16(10-23)27-18/h2-9,11-12H,1H3,(H,26,28)/t12-,20?/m1/s1. The molecule has 3 heterocycles. The third-order valence-electron chi connectivity index (χ3n) is 4.73. The summed E-state index contributed by atoms with van der Waals surface area (Å²) in [5.41, 5.74) is 0.675. The number of aromatic nitrogens is 3. The Morgan fingerprint density at radius 2 is 1.79 bits per heavy atom. The van der Waals surface area contributed by atoms with Crippen molar-refractivity contribution in [2.75, 3.05) is 0 Å². The molecule has 0 saturated carbocycles. The number of amidine groups is 1. The summed E-state index contributed by atoms with van der Waals surface area (Å²) in [6.07, 6.45) is 2.90. The van der Waals surface area contributed by atoms with Gasteiger partial charge in [-0.1, -0.05) is 18.2 Å². The van der Waals surface area contributed by atoms with Crippen LogP contribution in [0.5, 0.6) is 0 Å². The van der Waals surface area contributed by atoms with Crippen LogP contribution >= 0.6 is 0 Å². The highest BCUT2D eigenvalue weighted by Gasteiger charge is 2.46. The number of aliphatic imine (C=N–C) groups is 1. The molecule has 1 aliphatic rings. The third kappa shape index (κ3) is 2.87. The lowest BCUT2D eigenvalue weighted by molar-refractivity contribution is 0.430. The van der Waals surface area contributed by atoms with Crippen LogP contribution < -0.4 is 5.32 Å². The predicted molar refractivity (Wildman–Crippen MR) is 97.3 cm³/mol. The molecule has 0 saturated heterocycles. The largest absolute Gasteiger partial charge is 0.352 e.